The maximum absolute atomic E-state index is 12.6. The lowest BCUT2D eigenvalue weighted by Gasteiger charge is -2.32. The normalized spacial score (nSPS) is 19.1. The topological polar surface area (TPSA) is 100 Å². The van der Waals surface area contributed by atoms with E-state index in [1.807, 2.05) is 0 Å². The van der Waals surface area contributed by atoms with Crippen molar-refractivity contribution in [1.82, 2.24) is 25.7 Å². The summed E-state index contributed by atoms with van der Waals surface area (Å²) in [6.07, 6.45) is 8.62. The number of piperidine rings is 1. The average Bonchev–Trinajstić information content (AvgIpc) is 3.20. The van der Waals surface area contributed by atoms with Gasteiger partial charge < -0.3 is 15.2 Å². The van der Waals surface area contributed by atoms with Gasteiger partial charge in [0.1, 0.15) is 5.54 Å². The zero-order valence-corrected chi connectivity index (χ0v) is 21.1. The van der Waals surface area contributed by atoms with Gasteiger partial charge in [0.15, 0.2) is 5.82 Å². The highest BCUT2D eigenvalue weighted by Gasteiger charge is 2.38. The molecular weight excluding hydrogens is 442 g/mol. The molecule has 0 spiro atoms. The molecule has 2 N–H and O–H groups in total. The first-order chi connectivity index (χ1) is 16.9. The number of hydrogen-bond donors (Lipinski definition) is 2. The highest BCUT2D eigenvalue weighted by atomic mass is 16.5. The van der Waals surface area contributed by atoms with Gasteiger partial charge in [-0.3, -0.25) is 14.5 Å². The molecule has 2 fully saturated rings. The molecule has 1 aliphatic heterocycles. The van der Waals surface area contributed by atoms with E-state index >= 15 is 0 Å². The Bertz CT molecular complexity index is 988. The van der Waals surface area contributed by atoms with E-state index in [0.717, 1.165) is 71.0 Å². The number of nitrogens with one attached hydrogen (secondary N) is 2. The molecule has 4 rings (SSSR count). The molecule has 35 heavy (non-hydrogen) atoms. The minimum atomic E-state index is -0.557. The van der Waals surface area contributed by atoms with Crippen molar-refractivity contribution in [2.24, 2.45) is 0 Å². The van der Waals surface area contributed by atoms with E-state index < -0.39 is 5.54 Å². The van der Waals surface area contributed by atoms with E-state index in [1.54, 1.807) is 0 Å². The van der Waals surface area contributed by atoms with E-state index in [4.69, 9.17) is 4.52 Å². The molecule has 8 nitrogen and oxygen atoms in total. The van der Waals surface area contributed by atoms with E-state index in [0.29, 0.717) is 24.6 Å². The largest absolute Gasteiger partial charge is 0.353 e. The van der Waals surface area contributed by atoms with Crippen molar-refractivity contribution in [3.05, 3.63) is 47.1 Å². The Balaban J connectivity index is 1.24. The fraction of sp³-hybridized carbons (Fsp3) is 0.630. The molecule has 1 saturated heterocycles. The van der Waals surface area contributed by atoms with Gasteiger partial charge >= 0.3 is 0 Å². The first-order valence-corrected chi connectivity index (χ1v) is 13.1. The molecular formula is C27H39N5O3. The number of benzene rings is 1. The van der Waals surface area contributed by atoms with Crippen molar-refractivity contribution in [3.63, 3.8) is 0 Å². The summed E-state index contributed by atoms with van der Waals surface area (Å²) in [7, 11) is 0. The number of carbonyl (C=O) groups excluding carboxylic acids is 2. The third-order valence-electron chi connectivity index (χ3n) is 7.44. The van der Waals surface area contributed by atoms with Crippen LogP contribution in [0.4, 0.5) is 0 Å². The van der Waals surface area contributed by atoms with Gasteiger partial charge in [0.05, 0.1) is 0 Å². The molecule has 2 heterocycles. The van der Waals surface area contributed by atoms with Crippen LogP contribution < -0.4 is 10.6 Å². The predicted molar refractivity (Wildman–Crippen MR) is 133 cm³/mol. The van der Waals surface area contributed by atoms with Crippen LogP contribution in [0.25, 0.3) is 0 Å². The second kappa shape index (κ2) is 11.8. The van der Waals surface area contributed by atoms with Crippen LogP contribution in [0.15, 0.2) is 28.8 Å². The molecule has 1 aromatic carbocycles. The fourth-order valence-electron chi connectivity index (χ4n) is 5.41. The van der Waals surface area contributed by atoms with Gasteiger partial charge in [-0.2, -0.15) is 4.98 Å². The van der Waals surface area contributed by atoms with Crippen LogP contribution in [0.1, 0.15) is 87.6 Å². The molecule has 0 bridgehead atoms. The Kier molecular flexibility index (Phi) is 8.55. The summed E-state index contributed by atoms with van der Waals surface area (Å²) >= 11 is 0. The zero-order chi connectivity index (χ0) is 24.7. The summed E-state index contributed by atoms with van der Waals surface area (Å²) in [4.78, 5) is 31.5. The van der Waals surface area contributed by atoms with Crippen molar-refractivity contribution >= 4 is 11.8 Å². The third kappa shape index (κ3) is 6.90. The summed E-state index contributed by atoms with van der Waals surface area (Å²) in [5.41, 5.74) is 2.14. The third-order valence-corrected chi connectivity index (χ3v) is 7.44. The second-order valence-corrected chi connectivity index (χ2v) is 10.2. The number of amides is 2. The van der Waals surface area contributed by atoms with Gasteiger partial charge in [0.25, 0.3) is 0 Å². The highest BCUT2D eigenvalue weighted by Crippen LogP contribution is 2.34. The minimum Gasteiger partial charge on any atom is -0.353 e. The van der Waals surface area contributed by atoms with E-state index in [-0.39, 0.29) is 17.9 Å². The molecule has 8 heteroatoms. The lowest BCUT2D eigenvalue weighted by Crippen LogP contribution is -2.45. The molecule has 1 saturated carbocycles. The molecule has 0 radical (unpaired) electrons. The number of rotatable bonds is 8. The predicted octanol–water partition coefficient (Wildman–Crippen LogP) is 3.78. The minimum absolute atomic E-state index is 0.0214. The summed E-state index contributed by atoms with van der Waals surface area (Å²) in [6, 6.07) is 8.74. The Morgan fingerprint density at radius 1 is 1.11 bits per heavy atom. The fourth-order valence-corrected chi connectivity index (χ4v) is 5.41. The van der Waals surface area contributed by atoms with Gasteiger partial charge in [-0.1, -0.05) is 55.1 Å². The second-order valence-electron chi connectivity index (χ2n) is 10.2. The van der Waals surface area contributed by atoms with Crippen LogP contribution in [0.5, 0.6) is 0 Å². The van der Waals surface area contributed by atoms with Gasteiger partial charge in [0, 0.05) is 45.4 Å². The Labute approximate surface area is 208 Å². The van der Waals surface area contributed by atoms with Crippen LogP contribution in [0, 0.1) is 6.92 Å². The lowest BCUT2D eigenvalue weighted by molar-refractivity contribution is -0.122. The van der Waals surface area contributed by atoms with Crippen molar-refractivity contribution < 1.29 is 14.1 Å². The van der Waals surface area contributed by atoms with Gasteiger partial charge in [-0.25, -0.2) is 0 Å². The number of carbonyl (C=O) groups is 2. The molecule has 2 aliphatic rings. The van der Waals surface area contributed by atoms with Crippen molar-refractivity contribution in [2.45, 2.75) is 96.2 Å². The Morgan fingerprint density at radius 3 is 2.51 bits per heavy atom. The Morgan fingerprint density at radius 2 is 1.83 bits per heavy atom. The van der Waals surface area contributed by atoms with Crippen LogP contribution in [0.3, 0.4) is 0 Å². The molecule has 2 amide bonds. The summed E-state index contributed by atoms with van der Waals surface area (Å²) in [6.45, 7) is 6.62. The van der Waals surface area contributed by atoms with E-state index in [9.17, 15) is 9.59 Å². The van der Waals surface area contributed by atoms with Crippen molar-refractivity contribution in [3.8, 4) is 0 Å². The molecule has 0 unspecified atom stereocenters. The van der Waals surface area contributed by atoms with Gasteiger partial charge in [-0.15, -0.1) is 0 Å². The lowest BCUT2D eigenvalue weighted by atomic mass is 9.89. The smallest absolute Gasteiger partial charge is 0.227 e. The van der Waals surface area contributed by atoms with Crippen LogP contribution >= 0.6 is 0 Å². The molecule has 190 valence electrons. The summed E-state index contributed by atoms with van der Waals surface area (Å²) < 4.78 is 5.49. The van der Waals surface area contributed by atoms with Gasteiger partial charge in [-0.05, 0) is 43.7 Å². The maximum Gasteiger partial charge on any atom is 0.227 e. The number of aromatic nitrogens is 2. The van der Waals surface area contributed by atoms with Crippen molar-refractivity contribution in [2.75, 3.05) is 13.1 Å². The maximum atomic E-state index is 12.6. The molecule has 1 aliphatic carbocycles. The number of aryl methyl sites for hydroxylation is 2. The van der Waals surface area contributed by atoms with Crippen molar-refractivity contribution in [1.29, 1.82) is 0 Å². The van der Waals surface area contributed by atoms with E-state index in [1.165, 1.54) is 18.1 Å². The first kappa shape index (κ1) is 25.4. The average molecular weight is 482 g/mol. The molecule has 1 aromatic heterocycles. The van der Waals surface area contributed by atoms with E-state index in [2.05, 4.69) is 56.9 Å². The number of likely N-dealkylation sites (tertiary alicyclic amines) is 1. The summed E-state index contributed by atoms with van der Waals surface area (Å²) in [5.74, 6) is 0.943. The van der Waals surface area contributed by atoms with Gasteiger partial charge in [0.2, 0.25) is 17.7 Å². The van der Waals surface area contributed by atoms with Crippen LogP contribution in [0.2, 0.25) is 0 Å². The quantitative estimate of drug-likeness (QED) is 0.557. The van der Waals surface area contributed by atoms with Crippen LogP contribution in [-0.2, 0) is 28.1 Å². The SMILES string of the molecule is CC(=O)NC1(c2noc(CCC(=O)NC3CCN(Cc4ccccc4C)CC3)n2)CCCCCC1. The summed E-state index contributed by atoms with van der Waals surface area (Å²) in [5, 5.41) is 10.5. The van der Waals surface area contributed by atoms with Crippen LogP contribution in [-0.4, -0.2) is 46.0 Å². The number of nitrogens with zero attached hydrogens (tertiary/aromatic N) is 3. The standard InChI is InChI=1S/C27H39N5O3/c1-20-9-5-6-10-22(20)19-32-17-13-23(14-18-32)28-24(34)11-12-25-29-26(31-35-25)27(30-21(2)33)15-7-3-4-8-16-27/h5-6,9-10,23H,3-4,7-8,11-19H2,1-2H3,(H,28,34)(H,30,33). The zero-order valence-electron chi connectivity index (χ0n) is 21.1. The first-order valence-electron chi connectivity index (χ1n) is 13.1. The molecule has 0 atom stereocenters. The highest BCUT2D eigenvalue weighted by molar-refractivity contribution is 5.76. The molecule has 2 aromatic rings. The Hall–Kier alpha value is -2.74. The number of hydrogen-bond acceptors (Lipinski definition) is 6. The monoisotopic (exact) mass is 481 g/mol.